The first-order chi connectivity index (χ1) is 10.7. The fourth-order valence-electron chi connectivity index (χ4n) is 2.23. The molecule has 2 rings (SSSR count). The van der Waals surface area contributed by atoms with Crippen molar-refractivity contribution >= 4 is 11.8 Å². The number of carbonyl (C=O) groups excluding carboxylic acids is 1. The van der Waals surface area contributed by atoms with Gasteiger partial charge in [0.1, 0.15) is 11.4 Å². The van der Waals surface area contributed by atoms with Crippen LogP contribution in [0.3, 0.4) is 0 Å². The van der Waals surface area contributed by atoms with Gasteiger partial charge in [-0.3, -0.25) is 0 Å². The van der Waals surface area contributed by atoms with Gasteiger partial charge in [-0.15, -0.1) is 0 Å². The van der Waals surface area contributed by atoms with Crippen molar-refractivity contribution in [3.63, 3.8) is 0 Å². The maximum atomic E-state index is 12.9. The first-order valence-electron chi connectivity index (χ1n) is 7.44. The van der Waals surface area contributed by atoms with E-state index in [2.05, 4.69) is 0 Å². The SMILES string of the molecule is CC(C)(C)OC(=O)N1CC(COc2ccc(N)cc2C(F)F)C1. The van der Waals surface area contributed by atoms with E-state index in [9.17, 15) is 13.6 Å². The molecule has 1 aromatic rings. The van der Waals surface area contributed by atoms with Gasteiger partial charge in [0.15, 0.2) is 0 Å². The zero-order valence-electron chi connectivity index (χ0n) is 13.5. The number of nitrogen functional groups attached to an aromatic ring is 1. The molecule has 7 heteroatoms. The zero-order valence-corrected chi connectivity index (χ0v) is 13.5. The first-order valence-corrected chi connectivity index (χ1v) is 7.44. The van der Waals surface area contributed by atoms with Crippen LogP contribution in [0.2, 0.25) is 0 Å². The molecular weight excluding hydrogens is 306 g/mol. The van der Waals surface area contributed by atoms with Gasteiger partial charge in [0, 0.05) is 24.7 Å². The summed E-state index contributed by atoms with van der Waals surface area (Å²) in [4.78, 5) is 13.4. The minimum atomic E-state index is -2.65. The normalized spacial score (nSPS) is 15.5. The number of hydrogen-bond acceptors (Lipinski definition) is 4. The molecule has 0 atom stereocenters. The molecule has 128 valence electrons. The van der Waals surface area contributed by atoms with Gasteiger partial charge in [0.2, 0.25) is 0 Å². The Kier molecular flexibility index (Phi) is 4.97. The molecule has 1 aromatic carbocycles. The Labute approximate surface area is 134 Å². The Morgan fingerprint density at radius 3 is 2.61 bits per heavy atom. The number of halogens is 2. The number of nitrogens with two attached hydrogens (primary N) is 1. The smallest absolute Gasteiger partial charge is 0.410 e. The van der Waals surface area contributed by atoms with Gasteiger partial charge in [0.25, 0.3) is 6.43 Å². The van der Waals surface area contributed by atoms with E-state index in [1.165, 1.54) is 18.2 Å². The Balaban J connectivity index is 1.82. The maximum Gasteiger partial charge on any atom is 0.410 e. The molecule has 0 saturated carbocycles. The van der Waals surface area contributed by atoms with Crippen molar-refractivity contribution in [3.8, 4) is 5.75 Å². The molecule has 5 nitrogen and oxygen atoms in total. The van der Waals surface area contributed by atoms with Gasteiger partial charge < -0.3 is 20.1 Å². The number of carbonyl (C=O) groups is 1. The molecule has 0 radical (unpaired) electrons. The average molecular weight is 328 g/mol. The van der Waals surface area contributed by atoms with Crippen LogP contribution in [0.4, 0.5) is 19.3 Å². The van der Waals surface area contributed by atoms with Crippen LogP contribution in [0.15, 0.2) is 18.2 Å². The lowest BCUT2D eigenvalue weighted by Gasteiger charge is -2.39. The summed E-state index contributed by atoms with van der Waals surface area (Å²) in [5.41, 5.74) is 5.04. The number of nitrogens with zero attached hydrogens (tertiary/aromatic N) is 1. The highest BCUT2D eigenvalue weighted by Gasteiger charge is 2.34. The summed E-state index contributed by atoms with van der Waals surface area (Å²) in [5.74, 6) is 0.232. The third kappa shape index (κ3) is 4.71. The van der Waals surface area contributed by atoms with Gasteiger partial charge in [-0.25, -0.2) is 13.6 Å². The third-order valence-corrected chi connectivity index (χ3v) is 3.35. The Morgan fingerprint density at radius 1 is 1.39 bits per heavy atom. The summed E-state index contributed by atoms with van der Waals surface area (Å²) in [6, 6.07) is 4.18. The number of anilines is 1. The summed E-state index contributed by atoms with van der Waals surface area (Å²) in [7, 11) is 0. The molecule has 1 fully saturated rings. The first kappa shape index (κ1) is 17.3. The van der Waals surface area contributed by atoms with E-state index in [-0.39, 0.29) is 35.6 Å². The average Bonchev–Trinajstić information content (AvgIpc) is 2.35. The van der Waals surface area contributed by atoms with Crippen LogP contribution in [0.25, 0.3) is 0 Å². The molecule has 1 aliphatic heterocycles. The van der Waals surface area contributed by atoms with Gasteiger partial charge in [-0.05, 0) is 39.0 Å². The number of hydrogen-bond donors (Lipinski definition) is 1. The van der Waals surface area contributed by atoms with Gasteiger partial charge in [-0.1, -0.05) is 0 Å². The molecule has 1 saturated heterocycles. The maximum absolute atomic E-state index is 12.9. The van der Waals surface area contributed by atoms with Gasteiger partial charge in [-0.2, -0.15) is 0 Å². The number of ether oxygens (including phenoxy) is 2. The van der Waals surface area contributed by atoms with Crippen molar-refractivity contribution in [1.82, 2.24) is 4.90 Å². The summed E-state index contributed by atoms with van der Waals surface area (Å²) in [6.07, 6.45) is -3.01. The second-order valence-corrected chi connectivity index (χ2v) is 6.66. The Bertz CT molecular complexity index is 567. The predicted molar refractivity (Wildman–Crippen MR) is 82.6 cm³/mol. The predicted octanol–water partition coefficient (Wildman–Crippen LogP) is 3.45. The molecule has 0 bridgehead atoms. The molecule has 0 spiro atoms. The highest BCUT2D eigenvalue weighted by atomic mass is 19.3. The lowest BCUT2D eigenvalue weighted by Crippen LogP contribution is -2.53. The van der Waals surface area contributed by atoms with Crippen molar-refractivity contribution < 1.29 is 23.0 Å². The monoisotopic (exact) mass is 328 g/mol. The molecular formula is C16H22F2N2O3. The summed E-state index contributed by atoms with van der Waals surface area (Å²) in [5, 5.41) is 0. The van der Waals surface area contributed by atoms with Crippen molar-refractivity contribution in [3.05, 3.63) is 23.8 Å². The van der Waals surface area contributed by atoms with Crippen molar-refractivity contribution in [2.75, 3.05) is 25.4 Å². The van der Waals surface area contributed by atoms with Crippen LogP contribution in [-0.2, 0) is 4.74 Å². The summed E-state index contributed by atoms with van der Waals surface area (Å²) in [6.45, 7) is 6.67. The quantitative estimate of drug-likeness (QED) is 0.860. The highest BCUT2D eigenvalue weighted by molar-refractivity contribution is 5.69. The van der Waals surface area contributed by atoms with E-state index in [1.54, 1.807) is 25.7 Å². The lowest BCUT2D eigenvalue weighted by atomic mass is 10.0. The Hall–Kier alpha value is -2.05. The number of rotatable bonds is 4. The fourth-order valence-corrected chi connectivity index (χ4v) is 2.23. The Morgan fingerprint density at radius 2 is 2.04 bits per heavy atom. The minimum absolute atomic E-state index is 0.102. The van der Waals surface area contributed by atoms with Crippen LogP contribution < -0.4 is 10.5 Å². The van der Waals surface area contributed by atoms with Crippen LogP contribution >= 0.6 is 0 Å². The molecule has 0 unspecified atom stereocenters. The lowest BCUT2D eigenvalue weighted by molar-refractivity contribution is -0.00802. The van der Waals surface area contributed by atoms with E-state index in [0.717, 1.165) is 0 Å². The van der Waals surface area contributed by atoms with Crippen LogP contribution in [0.5, 0.6) is 5.75 Å². The van der Waals surface area contributed by atoms with Crippen molar-refractivity contribution in [2.45, 2.75) is 32.8 Å². The van der Waals surface area contributed by atoms with Gasteiger partial charge in [0.05, 0.1) is 12.2 Å². The third-order valence-electron chi connectivity index (χ3n) is 3.35. The largest absolute Gasteiger partial charge is 0.493 e. The second-order valence-electron chi connectivity index (χ2n) is 6.66. The van der Waals surface area contributed by atoms with E-state index in [4.69, 9.17) is 15.2 Å². The molecule has 2 N–H and O–H groups in total. The molecule has 23 heavy (non-hydrogen) atoms. The second kappa shape index (κ2) is 6.60. The van der Waals surface area contributed by atoms with E-state index in [0.29, 0.717) is 13.1 Å². The fraction of sp³-hybridized carbons (Fsp3) is 0.562. The van der Waals surface area contributed by atoms with E-state index < -0.39 is 12.0 Å². The van der Waals surface area contributed by atoms with Crippen molar-refractivity contribution in [2.24, 2.45) is 5.92 Å². The minimum Gasteiger partial charge on any atom is -0.493 e. The van der Waals surface area contributed by atoms with E-state index >= 15 is 0 Å². The topological polar surface area (TPSA) is 64.8 Å². The van der Waals surface area contributed by atoms with E-state index in [1.807, 2.05) is 0 Å². The van der Waals surface area contributed by atoms with Gasteiger partial charge >= 0.3 is 6.09 Å². The highest BCUT2D eigenvalue weighted by Crippen LogP contribution is 2.31. The standard InChI is InChI=1S/C16H22F2N2O3/c1-16(2,3)23-15(21)20-7-10(8-20)9-22-13-5-4-11(19)6-12(13)14(17)18/h4-6,10,14H,7-9,19H2,1-3H3. The van der Waals surface area contributed by atoms with Crippen molar-refractivity contribution in [1.29, 1.82) is 0 Å². The molecule has 0 aliphatic carbocycles. The number of likely N-dealkylation sites (tertiary alicyclic amines) is 1. The number of benzene rings is 1. The number of alkyl halides is 2. The molecule has 1 amide bonds. The van der Waals surface area contributed by atoms with Crippen LogP contribution in [0.1, 0.15) is 32.8 Å². The van der Waals surface area contributed by atoms with Crippen LogP contribution in [0, 0.1) is 5.92 Å². The number of amides is 1. The molecule has 1 heterocycles. The molecule has 0 aromatic heterocycles. The van der Waals surface area contributed by atoms with Crippen LogP contribution in [-0.4, -0.2) is 36.3 Å². The zero-order chi connectivity index (χ0) is 17.2. The molecule has 1 aliphatic rings. The summed E-state index contributed by atoms with van der Waals surface area (Å²) >= 11 is 0. The summed E-state index contributed by atoms with van der Waals surface area (Å²) < 4.78 is 36.6.